The number of rotatable bonds is 4. The van der Waals surface area contributed by atoms with Gasteiger partial charge in [-0.15, -0.1) is 0 Å². The summed E-state index contributed by atoms with van der Waals surface area (Å²) in [6.45, 7) is 1.74. The zero-order valence-electron chi connectivity index (χ0n) is 14.8. The van der Waals surface area contributed by atoms with Crippen LogP contribution in [0.5, 0.6) is 0 Å². The van der Waals surface area contributed by atoms with Crippen molar-refractivity contribution in [3.63, 3.8) is 0 Å². The number of para-hydroxylation sites is 1. The predicted molar refractivity (Wildman–Crippen MR) is 116 cm³/mol. The zero-order chi connectivity index (χ0) is 19.7. The predicted octanol–water partition coefficient (Wildman–Crippen LogP) is 4.88. The second kappa shape index (κ2) is 8.03. The lowest BCUT2D eigenvalue weighted by Crippen LogP contribution is -2.26. The first-order chi connectivity index (χ1) is 13.5. The van der Waals surface area contributed by atoms with Crippen LogP contribution in [0.1, 0.15) is 6.42 Å². The van der Waals surface area contributed by atoms with Gasteiger partial charge in [-0.25, -0.2) is 0 Å². The summed E-state index contributed by atoms with van der Waals surface area (Å²) in [6, 6.07) is 15.9. The lowest BCUT2D eigenvalue weighted by molar-refractivity contribution is 0.804. The van der Waals surface area contributed by atoms with Crippen molar-refractivity contribution < 1.29 is 0 Å². The van der Waals surface area contributed by atoms with Gasteiger partial charge in [0, 0.05) is 24.8 Å². The number of anilines is 2. The second-order valence-corrected chi connectivity index (χ2v) is 7.79. The first-order valence-electron chi connectivity index (χ1n) is 8.83. The smallest absolute Gasteiger partial charge is 0.291 e. The first kappa shape index (κ1) is 19.1. The minimum Gasteiger partial charge on any atom is -0.380 e. The maximum Gasteiger partial charge on any atom is 0.291 e. The van der Waals surface area contributed by atoms with E-state index in [-0.39, 0.29) is 10.0 Å². The molecule has 1 aromatic heterocycles. The minimum absolute atomic E-state index is 0.0637. The molecule has 0 radical (unpaired) electrons. The van der Waals surface area contributed by atoms with Crippen LogP contribution < -0.4 is 15.8 Å². The van der Waals surface area contributed by atoms with Crippen molar-refractivity contribution in [2.24, 2.45) is 0 Å². The van der Waals surface area contributed by atoms with Crippen molar-refractivity contribution in [3.8, 4) is 5.69 Å². The molecule has 28 heavy (non-hydrogen) atoms. The number of hydrogen-bond acceptors (Lipinski definition) is 4. The Morgan fingerprint density at radius 3 is 2.57 bits per heavy atom. The van der Waals surface area contributed by atoms with Crippen molar-refractivity contribution in [2.75, 3.05) is 23.3 Å². The van der Waals surface area contributed by atoms with Crippen molar-refractivity contribution in [2.45, 2.75) is 12.5 Å². The van der Waals surface area contributed by atoms with Gasteiger partial charge in [0.25, 0.3) is 5.56 Å². The fraction of sp³-hybridized carbons (Fsp3) is 0.200. The van der Waals surface area contributed by atoms with Gasteiger partial charge in [-0.1, -0.05) is 53.0 Å². The number of benzene rings is 2. The maximum absolute atomic E-state index is 12.3. The molecule has 0 aliphatic carbocycles. The van der Waals surface area contributed by atoms with E-state index in [0.29, 0.717) is 16.8 Å². The fourth-order valence-electron chi connectivity index (χ4n) is 3.35. The Morgan fingerprint density at radius 2 is 1.82 bits per heavy atom. The van der Waals surface area contributed by atoms with Gasteiger partial charge >= 0.3 is 0 Å². The molecule has 1 saturated heterocycles. The van der Waals surface area contributed by atoms with Crippen LogP contribution in [0.25, 0.3) is 5.69 Å². The zero-order valence-corrected chi connectivity index (χ0v) is 17.0. The molecule has 8 heteroatoms. The number of halogens is 3. The highest BCUT2D eigenvalue weighted by Gasteiger charge is 2.24. The molecule has 2 heterocycles. The van der Waals surface area contributed by atoms with E-state index < -0.39 is 5.56 Å². The summed E-state index contributed by atoms with van der Waals surface area (Å²) in [7, 11) is 0. The van der Waals surface area contributed by atoms with Crippen LogP contribution in [0.4, 0.5) is 11.4 Å². The molecular weight excluding hydrogens is 419 g/mol. The van der Waals surface area contributed by atoms with E-state index in [2.05, 4.69) is 27.4 Å². The molecule has 1 unspecified atom stereocenters. The highest BCUT2D eigenvalue weighted by atomic mass is 35.5. The average molecular weight is 436 g/mol. The summed E-state index contributed by atoms with van der Waals surface area (Å²) in [5.41, 5.74) is 2.10. The summed E-state index contributed by atoms with van der Waals surface area (Å²) in [5, 5.41) is 8.20. The Bertz CT molecular complexity index is 1060. The van der Waals surface area contributed by atoms with Crippen molar-refractivity contribution >= 4 is 46.2 Å². The average Bonchev–Trinajstić information content (AvgIpc) is 3.15. The van der Waals surface area contributed by atoms with Crippen molar-refractivity contribution in [1.82, 2.24) is 9.78 Å². The third-order valence-electron chi connectivity index (χ3n) is 4.73. The van der Waals surface area contributed by atoms with E-state index in [0.717, 1.165) is 30.9 Å². The van der Waals surface area contributed by atoms with Crippen LogP contribution in [-0.4, -0.2) is 28.9 Å². The second-order valence-electron chi connectivity index (χ2n) is 6.60. The van der Waals surface area contributed by atoms with E-state index >= 15 is 0 Å². The Balaban J connectivity index is 1.53. The van der Waals surface area contributed by atoms with E-state index in [9.17, 15) is 4.79 Å². The third kappa shape index (κ3) is 3.83. The number of nitrogens with zero attached hydrogens (tertiary/aromatic N) is 3. The highest BCUT2D eigenvalue weighted by molar-refractivity contribution is 6.41. The minimum atomic E-state index is -0.480. The Morgan fingerprint density at radius 1 is 1.04 bits per heavy atom. The lowest BCUT2D eigenvalue weighted by atomic mass is 10.2. The van der Waals surface area contributed by atoms with Crippen LogP contribution in [0.15, 0.2) is 59.5 Å². The summed E-state index contributed by atoms with van der Waals surface area (Å²) < 4.78 is 1.19. The molecule has 0 spiro atoms. The number of nitrogens with one attached hydrogen (secondary N) is 1. The van der Waals surface area contributed by atoms with Gasteiger partial charge < -0.3 is 10.2 Å². The van der Waals surface area contributed by atoms with E-state index in [4.69, 9.17) is 34.8 Å². The molecule has 1 atom stereocenters. The van der Waals surface area contributed by atoms with Crippen LogP contribution in [-0.2, 0) is 0 Å². The molecule has 1 aliphatic rings. The Labute approximate surface area is 177 Å². The van der Waals surface area contributed by atoms with E-state index in [1.165, 1.54) is 10.9 Å². The number of hydrogen-bond donors (Lipinski definition) is 1. The molecule has 2 aromatic carbocycles. The Kier molecular flexibility index (Phi) is 5.49. The number of aromatic nitrogens is 2. The molecule has 5 nitrogen and oxygen atoms in total. The Hall–Kier alpha value is -2.21. The van der Waals surface area contributed by atoms with Crippen LogP contribution in [0.3, 0.4) is 0 Å². The van der Waals surface area contributed by atoms with E-state index in [1.54, 1.807) is 12.1 Å². The molecule has 144 valence electrons. The van der Waals surface area contributed by atoms with Gasteiger partial charge in [0.05, 0.1) is 27.6 Å². The van der Waals surface area contributed by atoms with E-state index in [1.807, 2.05) is 24.3 Å². The quantitative estimate of drug-likeness (QED) is 0.634. The molecule has 0 saturated carbocycles. The molecule has 1 fully saturated rings. The molecular formula is C20H17Cl3N4O. The van der Waals surface area contributed by atoms with Crippen LogP contribution >= 0.6 is 34.8 Å². The largest absolute Gasteiger partial charge is 0.380 e. The van der Waals surface area contributed by atoms with Gasteiger partial charge in [0.2, 0.25) is 0 Å². The molecule has 1 aliphatic heterocycles. The first-order valence-corrected chi connectivity index (χ1v) is 9.96. The highest BCUT2D eigenvalue weighted by Crippen LogP contribution is 2.31. The lowest BCUT2D eigenvalue weighted by Gasteiger charge is -2.21. The third-order valence-corrected chi connectivity index (χ3v) is 5.78. The fourth-order valence-corrected chi connectivity index (χ4v) is 3.90. The normalized spacial score (nSPS) is 16.4. The van der Waals surface area contributed by atoms with Crippen molar-refractivity contribution in [1.29, 1.82) is 0 Å². The molecule has 1 N–H and O–H groups in total. The molecule has 3 aromatic rings. The molecule has 0 bridgehead atoms. The standard InChI is InChI=1S/C20H17Cl3N4O/c21-16-10-15(27-20(28)19(23)17(22)11-24-27)6-7-18(16)26-9-8-14(12-26)25-13-4-2-1-3-5-13/h1-7,10-11,14,25H,8-9,12H2. The summed E-state index contributed by atoms with van der Waals surface area (Å²) in [5.74, 6) is 0. The summed E-state index contributed by atoms with van der Waals surface area (Å²) in [6.07, 6.45) is 2.36. The van der Waals surface area contributed by atoms with Crippen LogP contribution in [0, 0.1) is 0 Å². The summed E-state index contributed by atoms with van der Waals surface area (Å²) in [4.78, 5) is 14.5. The summed E-state index contributed by atoms with van der Waals surface area (Å²) >= 11 is 18.3. The topological polar surface area (TPSA) is 50.2 Å². The van der Waals surface area contributed by atoms with Crippen LogP contribution in [0.2, 0.25) is 15.1 Å². The van der Waals surface area contributed by atoms with Gasteiger partial charge in [0.1, 0.15) is 5.02 Å². The van der Waals surface area contributed by atoms with Gasteiger partial charge in [-0.05, 0) is 36.8 Å². The van der Waals surface area contributed by atoms with Gasteiger partial charge in [0.15, 0.2) is 0 Å². The van der Waals surface area contributed by atoms with Gasteiger partial charge in [-0.2, -0.15) is 9.78 Å². The SMILES string of the molecule is O=c1c(Cl)c(Cl)cnn1-c1ccc(N2CCC(Nc3ccccc3)C2)c(Cl)c1. The monoisotopic (exact) mass is 434 g/mol. The van der Waals surface area contributed by atoms with Gasteiger partial charge in [-0.3, -0.25) is 4.79 Å². The molecule has 4 rings (SSSR count). The molecule has 0 amide bonds. The maximum atomic E-state index is 12.3. The van der Waals surface area contributed by atoms with Crippen molar-refractivity contribution in [3.05, 3.63) is 80.1 Å².